The first-order valence-corrected chi connectivity index (χ1v) is 6.76. The molecular formula is C15H22FNO3. The molecule has 0 fully saturated rings. The standard InChI is InChI=1S/C15H22FNO3/c1-4-10(2)17-12(9-15(18)19)7-11-5-6-14(20-3)13(16)8-11/h5-6,8,10,12,17H,4,7,9H2,1-3H3,(H,18,19). The Kier molecular flexibility index (Phi) is 6.45. The average molecular weight is 283 g/mol. The Morgan fingerprint density at radius 2 is 2.20 bits per heavy atom. The summed E-state index contributed by atoms with van der Waals surface area (Å²) in [4.78, 5) is 10.9. The summed E-state index contributed by atoms with van der Waals surface area (Å²) in [5.41, 5.74) is 0.755. The SMILES string of the molecule is CCC(C)NC(CC(=O)O)Cc1ccc(OC)c(F)c1. The minimum Gasteiger partial charge on any atom is -0.494 e. The summed E-state index contributed by atoms with van der Waals surface area (Å²) >= 11 is 0. The predicted molar refractivity (Wildman–Crippen MR) is 75.6 cm³/mol. The zero-order valence-electron chi connectivity index (χ0n) is 12.1. The molecule has 0 heterocycles. The van der Waals surface area contributed by atoms with Gasteiger partial charge in [0.25, 0.3) is 0 Å². The average Bonchev–Trinajstić information content (AvgIpc) is 2.38. The molecule has 0 bridgehead atoms. The molecule has 0 aromatic heterocycles. The number of halogens is 1. The van der Waals surface area contributed by atoms with Crippen LogP contribution in [0.5, 0.6) is 5.75 Å². The van der Waals surface area contributed by atoms with Gasteiger partial charge >= 0.3 is 5.97 Å². The Hall–Kier alpha value is -1.62. The molecule has 0 aliphatic carbocycles. The van der Waals surface area contributed by atoms with Gasteiger partial charge in [0.15, 0.2) is 11.6 Å². The topological polar surface area (TPSA) is 58.6 Å². The van der Waals surface area contributed by atoms with Gasteiger partial charge in [-0.3, -0.25) is 4.79 Å². The first-order chi connectivity index (χ1) is 9.46. The lowest BCUT2D eigenvalue weighted by molar-refractivity contribution is -0.137. The second-order valence-corrected chi connectivity index (χ2v) is 4.94. The van der Waals surface area contributed by atoms with Crippen molar-refractivity contribution in [1.82, 2.24) is 5.32 Å². The molecule has 0 aliphatic rings. The van der Waals surface area contributed by atoms with Gasteiger partial charge in [-0.1, -0.05) is 13.0 Å². The fourth-order valence-corrected chi connectivity index (χ4v) is 2.04. The molecule has 2 atom stereocenters. The van der Waals surface area contributed by atoms with E-state index < -0.39 is 11.8 Å². The fourth-order valence-electron chi connectivity index (χ4n) is 2.04. The van der Waals surface area contributed by atoms with E-state index in [0.717, 1.165) is 12.0 Å². The lowest BCUT2D eigenvalue weighted by atomic mass is 10.0. The third-order valence-electron chi connectivity index (χ3n) is 3.25. The number of aliphatic carboxylic acids is 1. The van der Waals surface area contributed by atoms with Crippen molar-refractivity contribution < 1.29 is 19.0 Å². The number of carbonyl (C=O) groups is 1. The minimum atomic E-state index is -0.861. The van der Waals surface area contributed by atoms with E-state index in [1.54, 1.807) is 12.1 Å². The predicted octanol–water partition coefficient (Wildman–Crippen LogP) is 2.61. The van der Waals surface area contributed by atoms with Crippen molar-refractivity contribution in [3.63, 3.8) is 0 Å². The van der Waals surface area contributed by atoms with Crippen molar-refractivity contribution in [2.24, 2.45) is 0 Å². The van der Waals surface area contributed by atoms with Gasteiger partial charge < -0.3 is 15.2 Å². The number of hydrogen-bond donors (Lipinski definition) is 2. The van der Waals surface area contributed by atoms with Crippen LogP contribution < -0.4 is 10.1 Å². The van der Waals surface area contributed by atoms with Crippen LogP contribution in [0.3, 0.4) is 0 Å². The number of methoxy groups -OCH3 is 1. The Balaban J connectivity index is 2.77. The number of ether oxygens (including phenoxy) is 1. The van der Waals surface area contributed by atoms with Crippen LogP contribution in [0.2, 0.25) is 0 Å². The zero-order chi connectivity index (χ0) is 15.1. The number of benzene rings is 1. The molecule has 0 radical (unpaired) electrons. The molecule has 0 saturated heterocycles. The van der Waals surface area contributed by atoms with Gasteiger partial charge in [-0.2, -0.15) is 0 Å². The Labute approximate surface area is 119 Å². The van der Waals surface area contributed by atoms with Crippen LogP contribution >= 0.6 is 0 Å². The largest absolute Gasteiger partial charge is 0.494 e. The van der Waals surface area contributed by atoms with E-state index in [4.69, 9.17) is 9.84 Å². The van der Waals surface area contributed by atoms with Gasteiger partial charge in [0, 0.05) is 12.1 Å². The van der Waals surface area contributed by atoms with Crippen LogP contribution in [0.1, 0.15) is 32.3 Å². The quantitative estimate of drug-likeness (QED) is 0.770. The van der Waals surface area contributed by atoms with E-state index in [-0.39, 0.29) is 24.3 Å². The minimum absolute atomic E-state index is 0.0119. The third kappa shape index (κ3) is 5.17. The molecule has 0 aliphatic heterocycles. The van der Waals surface area contributed by atoms with Crippen LogP contribution in [0.25, 0.3) is 0 Å². The molecular weight excluding hydrogens is 261 g/mol. The molecule has 5 heteroatoms. The second kappa shape index (κ2) is 7.85. The highest BCUT2D eigenvalue weighted by atomic mass is 19.1. The van der Waals surface area contributed by atoms with Crippen molar-refractivity contribution in [2.45, 2.75) is 45.2 Å². The number of carboxylic acids is 1. The molecule has 4 nitrogen and oxygen atoms in total. The van der Waals surface area contributed by atoms with E-state index in [2.05, 4.69) is 5.32 Å². The number of rotatable bonds is 8. The number of hydrogen-bond acceptors (Lipinski definition) is 3. The highest BCUT2D eigenvalue weighted by molar-refractivity contribution is 5.67. The summed E-state index contributed by atoms with van der Waals surface area (Å²) in [6.07, 6.45) is 1.39. The summed E-state index contributed by atoms with van der Waals surface area (Å²) in [6.45, 7) is 4.03. The number of nitrogens with one attached hydrogen (secondary N) is 1. The molecule has 1 aromatic carbocycles. The van der Waals surface area contributed by atoms with E-state index in [1.165, 1.54) is 13.2 Å². The molecule has 1 rings (SSSR count). The van der Waals surface area contributed by atoms with Gasteiger partial charge in [-0.25, -0.2) is 4.39 Å². The van der Waals surface area contributed by atoms with Gasteiger partial charge in [-0.15, -0.1) is 0 Å². The highest BCUT2D eigenvalue weighted by Crippen LogP contribution is 2.19. The molecule has 112 valence electrons. The summed E-state index contributed by atoms with van der Waals surface area (Å²) in [5, 5.41) is 12.2. The summed E-state index contributed by atoms with van der Waals surface area (Å²) in [6, 6.07) is 4.73. The first kappa shape index (κ1) is 16.4. The van der Waals surface area contributed by atoms with Crippen molar-refractivity contribution in [1.29, 1.82) is 0 Å². The molecule has 0 saturated carbocycles. The van der Waals surface area contributed by atoms with Crippen LogP contribution in [0.15, 0.2) is 18.2 Å². The van der Waals surface area contributed by atoms with Gasteiger partial charge in [0.05, 0.1) is 13.5 Å². The summed E-state index contributed by atoms with van der Waals surface area (Å²) in [5.74, 6) is -1.10. The Morgan fingerprint density at radius 1 is 1.50 bits per heavy atom. The summed E-state index contributed by atoms with van der Waals surface area (Å²) < 4.78 is 18.5. The van der Waals surface area contributed by atoms with Crippen LogP contribution in [0, 0.1) is 5.82 Å². The van der Waals surface area contributed by atoms with Crippen LogP contribution in [-0.2, 0) is 11.2 Å². The molecule has 2 N–H and O–H groups in total. The molecule has 2 unspecified atom stereocenters. The Bertz CT molecular complexity index is 451. The van der Waals surface area contributed by atoms with Crippen molar-refractivity contribution in [3.05, 3.63) is 29.6 Å². The molecule has 0 spiro atoms. The Morgan fingerprint density at radius 3 is 2.70 bits per heavy atom. The van der Waals surface area contributed by atoms with E-state index in [9.17, 15) is 9.18 Å². The summed E-state index contributed by atoms with van der Waals surface area (Å²) in [7, 11) is 1.41. The molecule has 20 heavy (non-hydrogen) atoms. The van der Waals surface area contributed by atoms with Crippen molar-refractivity contribution >= 4 is 5.97 Å². The van der Waals surface area contributed by atoms with Gasteiger partial charge in [0.2, 0.25) is 0 Å². The van der Waals surface area contributed by atoms with Crippen molar-refractivity contribution in [2.75, 3.05) is 7.11 Å². The van der Waals surface area contributed by atoms with Crippen LogP contribution in [0.4, 0.5) is 4.39 Å². The second-order valence-electron chi connectivity index (χ2n) is 4.94. The fraction of sp³-hybridized carbons (Fsp3) is 0.533. The van der Waals surface area contributed by atoms with E-state index >= 15 is 0 Å². The van der Waals surface area contributed by atoms with Gasteiger partial charge in [0.1, 0.15) is 0 Å². The lowest BCUT2D eigenvalue weighted by Crippen LogP contribution is -2.39. The van der Waals surface area contributed by atoms with Crippen LogP contribution in [-0.4, -0.2) is 30.3 Å². The van der Waals surface area contributed by atoms with Crippen molar-refractivity contribution in [3.8, 4) is 5.75 Å². The molecule has 0 amide bonds. The third-order valence-corrected chi connectivity index (χ3v) is 3.25. The normalized spacial score (nSPS) is 13.8. The van der Waals surface area contributed by atoms with E-state index in [0.29, 0.717) is 6.42 Å². The smallest absolute Gasteiger partial charge is 0.304 e. The maximum atomic E-state index is 13.6. The maximum absolute atomic E-state index is 13.6. The highest BCUT2D eigenvalue weighted by Gasteiger charge is 2.16. The molecule has 1 aromatic rings. The monoisotopic (exact) mass is 283 g/mol. The maximum Gasteiger partial charge on any atom is 0.304 e. The lowest BCUT2D eigenvalue weighted by Gasteiger charge is -2.21. The van der Waals surface area contributed by atoms with Gasteiger partial charge in [-0.05, 0) is 37.5 Å². The first-order valence-electron chi connectivity index (χ1n) is 6.76. The zero-order valence-corrected chi connectivity index (χ0v) is 12.1. The van der Waals surface area contributed by atoms with E-state index in [1.807, 2.05) is 13.8 Å². The number of carboxylic acid groups (broad SMARTS) is 1.